The van der Waals surface area contributed by atoms with Gasteiger partial charge < -0.3 is 25.0 Å². The average molecular weight is 632 g/mol. The Morgan fingerprint density at radius 2 is 1.18 bits per heavy atom. The van der Waals surface area contributed by atoms with Crippen LogP contribution < -0.4 is 5.32 Å². The molecule has 13 heteroatoms. The van der Waals surface area contributed by atoms with Crippen LogP contribution in [0, 0.1) is 0 Å². The van der Waals surface area contributed by atoms with Gasteiger partial charge in [0, 0.05) is 13.1 Å². The van der Waals surface area contributed by atoms with Crippen molar-refractivity contribution in [2.75, 3.05) is 19.6 Å². The van der Waals surface area contributed by atoms with Gasteiger partial charge in [-0.3, -0.25) is 19.4 Å². The Morgan fingerprint density at radius 1 is 0.705 bits per heavy atom. The van der Waals surface area contributed by atoms with E-state index in [1.165, 1.54) is 9.80 Å². The van der Waals surface area contributed by atoms with Crippen LogP contribution in [0.2, 0.25) is 0 Å². The van der Waals surface area contributed by atoms with Crippen molar-refractivity contribution < 1.29 is 43.7 Å². The molecule has 3 fully saturated rings. The Hall–Kier alpha value is -4.16. The third kappa shape index (κ3) is 10.8. The number of hydrogen-bond donors (Lipinski definition) is 3. The largest absolute Gasteiger partial charge is 0.480 e. The molecule has 238 valence electrons. The maximum Gasteiger partial charge on any atom is 0.410 e. The van der Waals surface area contributed by atoms with Crippen LogP contribution in [-0.2, 0) is 37.1 Å². The highest BCUT2D eigenvalue weighted by molar-refractivity contribution is 6.64. The molecular weight excluding hydrogens is 594 g/mol. The molecule has 0 aromatic heterocycles. The van der Waals surface area contributed by atoms with E-state index in [2.05, 4.69) is 5.32 Å². The first-order chi connectivity index (χ1) is 21.2. The van der Waals surface area contributed by atoms with E-state index in [1.807, 2.05) is 60.7 Å². The van der Waals surface area contributed by atoms with Crippen molar-refractivity contribution in [3.05, 3.63) is 71.8 Å². The number of likely N-dealkylation sites (tertiary alicyclic amines) is 2. The Labute approximate surface area is 260 Å². The van der Waals surface area contributed by atoms with Gasteiger partial charge in [0.2, 0.25) is 5.24 Å². The minimum Gasteiger partial charge on any atom is -0.480 e. The zero-order chi connectivity index (χ0) is 31.9. The van der Waals surface area contributed by atoms with Crippen LogP contribution in [0.15, 0.2) is 60.7 Å². The molecule has 3 aliphatic rings. The highest BCUT2D eigenvalue weighted by Gasteiger charge is 2.35. The summed E-state index contributed by atoms with van der Waals surface area (Å²) < 4.78 is 10.3. The molecule has 0 aliphatic carbocycles. The summed E-state index contributed by atoms with van der Waals surface area (Å²) in [5, 5.41) is 19.7. The van der Waals surface area contributed by atoms with Crippen LogP contribution in [0.5, 0.6) is 0 Å². The van der Waals surface area contributed by atoms with Crippen molar-refractivity contribution in [2.45, 2.75) is 69.9 Å². The molecular formula is C31H38ClN3O9. The van der Waals surface area contributed by atoms with Gasteiger partial charge in [-0.1, -0.05) is 60.7 Å². The monoisotopic (exact) mass is 631 g/mol. The summed E-state index contributed by atoms with van der Waals surface area (Å²) >= 11 is 5.45. The van der Waals surface area contributed by atoms with Crippen LogP contribution in [0.4, 0.5) is 9.59 Å². The fourth-order valence-electron chi connectivity index (χ4n) is 4.96. The quantitative estimate of drug-likeness (QED) is 0.377. The minimum absolute atomic E-state index is 0.169. The number of halogens is 1. The molecule has 0 radical (unpaired) electrons. The lowest BCUT2D eigenvalue weighted by atomic mass is 10.2. The molecule has 2 aromatic rings. The average Bonchev–Trinajstić information content (AvgIpc) is 3.82. The number of nitrogens with zero attached hydrogens (tertiary/aromatic N) is 2. The van der Waals surface area contributed by atoms with Crippen LogP contribution >= 0.6 is 11.6 Å². The molecule has 0 saturated carbocycles. The lowest BCUT2D eigenvalue weighted by Crippen LogP contribution is -2.40. The van der Waals surface area contributed by atoms with Crippen molar-refractivity contribution in [1.29, 1.82) is 0 Å². The smallest absolute Gasteiger partial charge is 0.410 e. The molecule has 3 N–H and O–H groups in total. The van der Waals surface area contributed by atoms with Gasteiger partial charge in [0.05, 0.1) is 0 Å². The Morgan fingerprint density at radius 3 is 1.57 bits per heavy atom. The third-order valence-electron chi connectivity index (χ3n) is 7.29. The van der Waals surface area contributed by atoms with E-state index in [0.717, 1.165) is 36.9 Å². The molecule has 3 heterocycles. The summed E-state index contributed by atoms with van der Waals surface area (Å²) in [6, 6.07) is 17.2. The number of nitrogens with one attached hydrogen (secondary N) is 1. The Kier molecular flexibility index (Phi) is 13.9. The summed E-state index contributed by atoms with van der Waals surface area (Å²) in [7, 11) is 0. The fraction of sp³-hybridized carbons (Fsp3) is 0.452. The minimum atomic E-state index is -0.968. The Balaban J connectivity index is 0.000000194. The SMILES string of the molecule is O=C(Cl)[C@@H]1CCCN1C(=O)OCc1ccccc1.O=C(O)[C@@H]1CCCN1.O=C(O)[C@@H]1CCCN1C(=O)OCc1ccccc1. The van der Waals surface area contributed by atoms with Crippen LogP contribution in [0.3, 0.4) is 0 Å². The molecule has 0 bridgehead atoms. The highest BCUT2D eigenvalue weighted by atomic mass is 35.5. The van der Waals surface area contributed by atoms with Gasteiger partial charge in [0.15, 0.2) is 0 Å². The van der Waals surface area contributed by atoms with Crippen molar-refractivity contribution in [2.24, 2.45) is 0 Å². The zero-order valence-electron chi connectivity index (χ0n) is 24.3. The van der Waals surface area contributed by atoms with E-state index < -0.39 is 41.5 Å². The van der Waals surface area contributed by atoms with E-state index in [0.29, 0.717) is 32.4 Å². The van der Waals surface area contributed by atoms with E-state index in [9.17, 15) is 24.0 Å². The summed E-state index contributed by atoms with van der Waals surface area (Å²) in [5.41, 5.74) is 1.80. The van der Waals surface area contributed by atoms with E-state index in [-0.39, 0.29) is 19.3 Å². The summed E-state index contributed by atoms with van der Waals surface area (Å²) in [5.74, 6) is -1.69. The van der Waals surface area contributed by atoms with Gasteiger partial charge in [-0.25, -0.2) is 14.4 Å². The summed E-state index contributed by atoms with van der Waals surface area (Å²) in [6.07, 6.45) is 3.35. The second-order valence-electron chi connectivity index (χ2n) is 10.4. The lowest BCUT2D eigenvalue weighted by Gasteiger charge is -2.20. The molecule has 2 amide bonds. The second-order valence-corrected chi connectivity index (χ2v) is 10.8. The normalized spacial score (nSPS) is 20.4. The molecule has 0 unspecified atom stereocenters. The number of carbonyl (C=O) groups is 5. The molecule has 44 heavy (non-hydrogen) atoms. The van der Waals surface area contributed by atoms with Crippen molar-refractivity contribution in [1.82, 2.24) is 15.1 Å². The number of carboxylic acids is 2. The first-order valence-electron chi connectivity index (χ1n) is 14.5. The molecule has 3 atom stereocenters. The number of amides is 2. The van der Waals surface area contributed by atoms with Crippen LogP contribution in [-0.4, -0.2) is 87.1 Å². The van der Waals surface area contributed by atoms with Gasteiger partial charge in [0.1, 0.15) is 31.3 Å². The number of carbonyl (C=O) groups excluding carboxylic acids is 3. The van der Waals surface area contributed by atoms with E-state index in [4.69, 9.17) is 31.3 Å². The molecule has 3 saturated heterocycles. The molecule has 5 rings (SSSR count). The van der Waals surface area contributed by atoms with Gasteiger partial charge in [-0.15, -0.1) is 0 Å². The number of ether oxygens (including phenoxy) is 2. The summed E-state index contributed by atoms with van der Waals surface area (Å²) in [6.45, 7) is 2.21. The third-order valence-corrected chi connectivity index (χ3v) is 7.54. The van der Waals surface area contributed by atoms with Crippen LogP contribution in [0.25, 0.3) is 0 Å². The van der Waals surface area contributed by atoms with Crippen molar-refractivity contribution in [3.63, 3.8) is 0 Å². The molecule has 0 spiro atoms. The number of carboxylic acid groups (broad SMARTS) is 2. The van der Waals surface area contributed by atoms with Gasteiger partial charge in [-0.05, 0) is 67.8 Å². The van der Waals surface area contributed by atoms with E-state index in [1.54, 1.807) is 0 Å². The predicted octanol–water partition coefficient (Wildman–Crippen LogP) is 4.25. The van der Waals surface area contributed by atoms with Gasteiger partial charge in [-0.2, -0.15) is 0 Å². The predicted molar refractivity (Wildman–Crippen MR) is 160 cm³/mol. The van der Waals surface area contributed by atoms with Gasteiger partial charge in [0.25, 0.3) is 0 Å². The zero-order valence-corrected chi connectivity index (χ0v) is 25.1. The van der Waals surface area contributed by atoms with Crippen molar-refractivity contribution >= 4 is 41.0 Å². The number of hydrogen-bond acceptors (Lipinski definition) is 8. The number of aliphatic carboxylic acids is 2. The van der Waals surface area contributed by atoms with Crippen molar-refractivity contribution in [3.8, 4) is 0 Å². The number of rotatable bonds is 7. The number of benzene rings is 2. The topological polar surface area (TPSA) is 163 Å². The highest BCUT2D eigenvalue weighted by Crippen LogP contribution is 2.21. The maximum absolute atomic E-state index is 11.8. The lowest BCUT2D eigenvalue weighted by molar-refractivity contribution is -0.142. The van der Waals surface area contributed by atoms with E-state index >= 15 is 0 Å². The Bertz CT molecular complexity index is 1160. The maximum atomic E-state index is 11.8. The standard InChI is InChI=1S/C13H14ClNO3.C13H15NO4.C5H9NO2/c14-12(16)11-7-4-8-15(11)13(17)18-9-10-5-2-1-3-6-10;15-12(16)11-7-4-8-14(11)13(17)18-9-10-5-2-1-3-6-10;7-5(8)4-2-1-3-6-4/h1-3,5-6,11H,4,7-9H2;1-3,5-6,11H,4,7-9H2,(H,15,16);4,6H,1-3H2,(H,7,8)/t2*11-;4-/m000/s1. The molecule has 3 aliphatic heterocycles. The van der Waals surface area contributed by atoms with Gasteiger partial charge >= 0.3 is 24.1 Å². The first kappa shape index (κ1) is 34.3. The fourth-order valence-corrected chi connectivity index (χ4v) is 5.19. The summed E-state index contributed by atoms with van der Waals surface area (Å²) in [4.78, 5) is 58.5. The molecule has 2 aromatic carbocycles. The molecule has 12 nitrogen and oxygen atoms in total. The first-order valence-corrected chi connectivity index (χ1v) is 14.9. The van der Waals surface area contributed by atoms with Crippen LogP contribution in [0.1, 0.15) is 49.7 Å². The second kappa shape index (κ2) is 17.8.